The first-order valence-corrected chi connectivity index (χ1v) is 13.9. The Kier molecular flexibility index (Phi) is 10.9. The van der Waals surface area contributed by atoms with E-state index in [9.17, 15) is 37.5 Å². The van der Waals surface area contributed by atoms with Crippen molar-refractivity contribution in [3.63, 3.8) is 0 Å². The van der Waals surface area contributed by atoms with Gasteiger partial charge in [0, 0.05) is 50.1 Å². The van der Waals surface area contributed by atoms with Crippen molar-refractivity contribution < 1.29 is 56.4 Å². The highest BCUT2D eigenvalue weighted by Gasteiger charge is 2.40. The summed E-state index contributed by atoms with van der Waals surface area (Å²) in [4.78, 5) is 47.6. The summed E-state index contributed by atoms with van der Waals surface area (Å²) < 4.78 is 56.7. The summed E-state index contributed by atoms with van der Waals surface area (Å²) >= 11 is 1.89. The maximum absolute atomic E-state index is 12.4. The number of carbonyl (C=O) groups is 4. The van der Waals surface area contributed by atoms with Gasteiger partial charge in [-0.1, -0.05) is 0 Å². The van der Waals surface area contributed by atoms with Crippen LogP contribution in [0.3, 0.4) is 0 Å². The van der Waals surface area contributed by atoms with Gasteiger partial charge in [-0.3, -0.25) is 9.59 Å². The third kappa shape index (κ3) is 8.03. The maximum atomic E-state index is 12.4. The molecule has 0 radical (unpaired) electrons. The van der Waals surface area contributed by atoms with Crippen molar-refractivity contribution in [2.75, 3.05) is 51.7 Å². The number of alkyl halides is 3. The van der Waals surface area contributed by atoms with Crippen molar-refractivity contribution in [3.05, 3.63) is 31.6 Å². The van der Waals surface area contributed by atoms with Gasteiger partial charge in [0.1, 0.15) is 15.4 Å². The van der Waals surface area contributed by atoms with E-state index in [1.54, 1.807) is 11.4 Å². The van der Waals surface area contributed by atoms with E-state index in [-0.39, 0.29) is 27.1 Å². The molecular weight excluding hydrogens is 593 g/mol. The molecule has 2 fully saturated rings. The van der Waals surface area contributed by atoms with Crippen LogP contribution in [0.25, 0.3) is 0 Å². The zero-order valence-corrected chi connectivity index (χ0v) is 23.8. The van der Waals surface area contributed by atoms with Crippen LogP contribution >= 0.6 is 22.7 Å². The number of ketones is 1. The van der Waals surface area contributed by atoms with Gasteiger partial charge in [-0.25, -0.2) is 9.59 Å². The molecule has 4 heterocycles. The number of halogens is 3. The molecule has 1 amide bonds. The summed E-state index contributed by atoms with van der Waals surface area (Å²) in [5.74, 6) is -4.23. The van der Waals surface area contributed by atoms with Gasteiger partial charge in [0.05, 0.1) is 30.5 Å². The maximum Gasteiger partial charge on any atom is 0.471 e. The minimum absolute atomic E-state index is 0.0970. The molecule has 2 aromatic heterocycles. The van der Waals surface area contributed by atoms with Gasteiger partial charge in [-0.2, -0.15) is 13.2 Å². The molecular formula is C25H29F3N2O9S2. The summed E-state index contributed by atoms with van der Waals surface area (Å²) in [5.41, 5.74) is 4.80. The SMILES string of the molecule is COC(=O)c1sc(C(=O)C2CCOCC2)cc1NC(=O)C(F)(F)F.COC(=O)c1sc(C2(O)CCOCC2)cc1N. The number of nitrogens with one attached hydrogen (secondary N) is 1. The Morgan fingerprint density at radius 1 is 0.976 bits per heavy atom. The Labute approximate surface area is 240 Å². The van der Waals surface area contributed by atoms with E-state index in [2.05, 4.69) is 9.47 Å². The standard InChI is InChI=1S/C14H14F3NO5S.C11H15NO4S/c1-22-12(20)11-8(18-13(21)14(15,16)17)6-9(24-11)10(19)7-2-4-23-5-3-7;1-15-10(13)9-7(12)6-8(17-9)11(14)2-4-16-5-3-11/h6-7H,2-5H2,1H3,(H,18,21);6,14H,2-5,12H2,1H3. The normalized spacial score (nSPS) is 17.1. The first-order valence-electron chi connectivity index (χ1n) is 12.3. The second kappa shape index (κ2) is 13.7. The van der Waals surface area contributed by atoms with Crippen molar-refractivity contribution in [1.82, 2.24) is 0 Å². The number of amides is 1. The van der Waals surface area contributed by atoms with Gasteiger partial charge in [-0.05, 0) is 25.0 Å². The Morgan fingerprint density at radius 3 is 2.10 bits per heavy atom. The number of rotatable bonds is 6. The summed E-state index contributed by atoms with van der Waals surface area (Å²) in [5, 5.41) is 12.1. The largest absolute Gasteiger partial charge is 0.471 e. The van der Waals surface area contributed by atoms with E-state index < -0.39 is 29.6 Å². The summed E-state index contributed by atoms with van der Waals surface area (Å²) in [6.45, 7) is 1.87. The lowest BCUT2D eigenvalue weighted by Gasteiger charge is -2.30. The molecule has 41 heavy (non-hydrogen) atoms. The van der Waals surface area contributed by atoms with Gasteiger partial charge >= 0.3 is 24.0 Å². The molecule has 0 atom stereocenters. The van der Waals surface area contributed by atoms with E-state index in [0.717, 1.165) is 13.2 Å². The first kappa shape index (κ1) is 32.5. The average molecular weight is 623 g/mol. The molecule has 2 saturated heterocycles. The molecule has 0 bridgehead atoms. The quantitative estimate of drug-likeness (QED) is 0.319. The smallest absolute Gasteiger partial charge is 0.465 e. The molecule has 4 N–H and O–H groups in total. The predicted octanol–water partition coefficient (Wildman–Crippen LogP) is 3.76. The lowest BCUT2D eigenvalue weighted by Crippen LogP contribution is -2.32. The lowest BCUT2D eigenvalue weighted by molar-refractivity contribution is -0.167. The fraction of sp³-hybridized carbons (Fsp3) is 0.520. The molecule has 226 valence electrons. The van der Waals surface area contributed by atoms with Crippen LogP contribution in [-0.2, 0) is 29.3 Å². The third-order valence-electron chi connectivity index (χ3n) is 6.35. The van der Waals surface area contributed by atoms with Crippen molar-refractivity contribution in [2.24, 2.45) is 5.92 Å². The van der Waals surface area contributed by atoms with Crippen LogP contribution in [0.4, 0.5) is 24.5 Å². The van der Waals surface area contributed by atoms with E-state index in [0.29, 0.717) is 78.9 Å². The number of hydrogen-bond acceptors (Lipinski definition) is 12. The van der Waals surface area contributed by atoms with Gasteiger partial charge in [-0.15, -0.1) is 22.7 Å². The predicted molar refractivity (Wildman–Crippen MR) is 142 cm³/mol. The van der Waals surface area contributed by atoms with Crippen LogP contribution in [0.5, 0.6) is 0 Å². The number of nitrogen functional groups attached to an aromatic ring is 1. The van der Waals surface area contributed by atoms with Crippen LogP contribution in [0.1, 0.15) is 59.6 Å². The summed E-state index contributed by atoms with van der Waals surface area (Å²) in [7, 11) is 2.36. The number of ether oxygens (including phenoxy) is 4. The molecule has 0 aliphatic carbocycles. The van der Waals surface area contributed by atoms with Crippen LogP contribution in [0.2, 0.25) is 0 Å². The van der Waals surface area contributed by atoms with Crippen molar-refractivity contribution in [3.8, 4) is 0 Å². The number of thiophene rings is 2. The highest BCUT2D eigenvalue weighted by atomic mass is 32.1. The number of carbonyl (C=O) groups excluding carboxylic acids is 4. The van der Waals surface area contributed by atoms with E-state index in [4.69, 9.17) is 15.2 Å². The number of hydrogen-bond donors (Lipinski definition) is 3. The van der Waals surface area contributed by atoms with Crippen molar-refractivity contribution in [2.45, 2.75) is 37.5 Å². The van der Waals surface area contributed by atoms with Crippen LogP contribution < -0.4 is 11.1 Å². The van der Waals surface area contributed by atoms with Crippen molar-refractivity contribution >= 4 is 57.7 Å². The van der Waals surface area contributed by atoms with Gasteiger partial charge < -0.3 is 35.1 Å². The molecule has 0 unspecified atom stereocenters. The number of methoxy groups -OCH3 is 2. The van der Waals surface area contributed by atoms with Crippen LogP contribution in [0.15, 0.2) is 12.1 Å². The monoisotopic (exact) mass is 622 g/mol. The van der Waals surface area contributed by atoms with E-state index in [1.165, 1.54) is 18.4 Å². The lowest BCUT2D eigenvalue weighted by atomic mass is 9.93. The molecule has 2 aromatic rings. The van der Waals surface area contributed by atoms with Crippen molar-refractivity contribution in [1.29, 1.82) is 0 Å². The molecule has 4 rings (SSSR count). The summed E-state index contributed by atoms with van der Waals surface area (Å²) in [6.07, 6.45) is -3.08. The zero-order chi connectivity index (χ0) is 30.4. The Hall–Kier alpha value is -3.05. The fourth-order valence-electron chi connectivity index (χ4n) is 4.05. The zero-order valence-electron chi connectivity index (χ0n) is 22.1. The Bertz CT molecular complexity index is 1260. The molecule has 16 heteroatoms. The average Bonchev–Trinajstić information content (AvgIpc) is 3.56. The van der Waals surface area contributed by atoms with Crippen LogP contribution in [-0.4, -0.2) is 75.6 Å². The number of aliphatic hydroxyl groups is 1. The molecule has 2 aliphatic rings. The molecule has 11 nitrogen and oxygen atoms in total. The van der Waals surface area contributed by atoms with Gasteiger partial charge in [0.15, 0.2) is 5.78 Å². The van der Waals surface area contributed by atoms with Gasteiger partial charge in [0.2, 0.25) is 0 Å². The highest BCUT2D eigenvalue weighted by Crippen LogP contribution is 2.39. The summed E-state index contributed by atoms with van der Waals surface area (Å²) in [6, 6.07) is 2.74. The minimum Gasteiger partial charge on any atom is -0.465 e. The second-order valence-electron chi connectivity index (χ2n) is 9.08. The highest BCUT2D eigenvalue weighted by molar-refractivity contribution is 7.16. The number of esters is 2. The first-order chi connectivity index (χ1) is 19.3. The Morgan fingerprint density at radius 2 is 1.54 bits per heavy atom. The number of Topliss-reactive ketones (excluding diaryl/α,β-unsaturated/α-hetero) is 1. The number of nitrogens with two attached hydrogens (primary N) is 1. The number of anilines is 2. The molecule has 0 saturated carbocycles. The molecule has 2 aliphatic heterocycles. The second-order valence-corrected chi connectivity index (χ2v) is 11.2. The van der Waals surface area contributed by atoms with E-state index in [1.807, 2.05) is 0 Å². The van der Waals surface area contributed by atoms with Gasteiger partial charge in [0.25, 0.3) is 0 Å². The van der Waals surface area contributed by atoms with Crippen LogP contribution in [0, 0.1) is 5.92 Å². The fourth-order valence-corrected chi connectivity index (χ4v) is 6.24. The third-order valence-corrected chi connectivity index (χ3v) is 8.81. The minimum atomic E-state index is -5.11. The Balaban J connectivity index is 0.000000239. The van der Waals surface area contributed by atoms with E-state index >= 15 is 0 Å². The topological polar surface area (TPSA) is 163 Å². The molecule has 0 aromatic carbocycles. The molecule has 0 spiro atoms.